The molecular formula is C23H27N5O2. The van der Waals surface area contributed by atoms with E-state index in [9.17, 15) is 9.59 Å². The summed E-state index contributed by atoms with van der Waals surface area (Å²) in [6.07, 6.45) is 2.59. The minimum Gasteiger partial charge on any atom is -0.323 e. The lowest BCUT2D eigenvalue weighted by Gasteiger charge is -2.23. The van der Waals surface area contributed by atoms with Gasteiger partial charge in [0.05, 0.1) is 11.4 Å². The van der Waals surface area contributed by atoms with Crippen LogP contribution in [0.4, 0.5) is 10.5 Å². The number of nitrogens with zero attached hydrogens (tertiary/aromatic N) is 3. The van der Waals surface area contributed by atoms with Gasteiger partial charge in [-0.25, -0.2) is 9.59 Å². The summed E-state index contributed by atoms with van der Waals surface area (Å²) >= 11 is 0. The number of rotatable bonds is 4. The standard InChI is InChI=1S/C23H27N5O2/c1-18-16-24-22(29)28(18)21-11-6-5-10-20(21)25-23(30)27-13-7-12-26(14-15-27)17-19-8-3-2-4-9-19/h2-6,8-11,16H,7,12-15,17H2,1H3,(H,24,29)(H,25,30). The van der Waals surface area contributed by atoms with Crippen molar-refractivity contribution in [2.45, 2.75) is 19.9 Å². The van der Waals surface area contributed by atoms with Gasteiger partial charge in [-0.1, -0.05) is 42.5 Å². The Morgan fingerprint density at radius 1 is 1.00 bits per heavy atom. The van der Waals surface area contributed by atoms with Gasteiger partial charge in [-0.3, -0.25) is 9.47 Å². The van der Waals surface area contributed by atoms with Gasteiger partial charge in [0.1, 0.15) is 0 Å². The summed E-state index contributed by atoms with van der Waals surface area (Å²) in [6, 6.07) is 17.7. The number of aryl methyl sites for hydroxylation is 1. The molecular weight excluding hydrogens is 378 g/mol. The first kappa shape index (κ1) is 20.0. The molecule has 0 spiro atoms. The molecule has 0 saturated carbocycles. The van der Waals surface area contributed by atoms with Gasteiger partial charge in [0.25, 0.3) is 0 Å². The van der Waals surface area contributed by atoms with Crippen molar-refractivity contribution in [3.05, 3.63) is 82.5 Å². The highest BCUT2D eigenvalue weighted by atomic mass is 16.2. The van der Waals surface area contributed by atoms with Crippen LogP contribution in [0, 0.1) is 6.92 Å². The van der Waals surface area contributed by atoms with E-state index >= 15 is 0 Å². The first-order chi connectivity index (χ1) is 14.6. The van der Waals surface area contributed by atoms with Crippen molar-refractivity contribution in [3.63, 3.8) is 0 Å². The Kier molecular flexibility index (Phi) is 5.99. The lowest BCUT2D eigenvalue weighted by Crippen LogP contribution is -2.38. The fourth-order valence-corrected chi connectivity index (χ4v) is 3.90. The monoisotopic (exact) mass is 405 g/mol. The van der Waals surface area contributed by atoms with Gasteiger partial charge < -0.3 is 15.2 Å². The van der Waals surface area contributed by atoms with E-state index in [0.717, 1.165) is 31.7 Å². The lowest BCUT2D eigenvalue weighted by atomic mass is 10.2. The summed E-state index contributed by atoms with van der Waals surface area (Å²) < 4.78 is 1.57. The fraction of sp³-hybridized carbons (Fsp3) is 0.304. The minimum atomic E-state index is -0.222. The van der Waals surface area contributed by atoms with Gasteiger partial charge in [-0.05, 0) is 31.0 Å². The highest BCUT2D eigenvalue weighted by Crippen LogP contribution is 2.21. The maximum absolute atomic E-state index is 13.0. The number of anilines is 1. The first-order valence-corrected chi connectivity index (χ1v) is 10.3. The second-order valence-electron chi connectivity index (χ2n) is 7.62. The van der Waals surface area contributed by atoms with Crippen molar-refractivity contribution in [2.75, 3.05) is 31.5 Å². The van der Waals surface area contributed by atoms with Crippen LogP contribution in [0.25, 0.3) is 5.69 Å². The number of aromatic amines is 1. The van der Waals surface area contributed by atoms with E-state index in [1.165, 1.54) is 5.56 Å². The Morgan fingerprint density at radius 3 is 2.53 bits per heavy atom. The summed E-state index contributed by atoms with van der Waals surface area (Å²) in [5.41, 5.74) is 3.14. The summed E-state index contributed by atoms with van der Waals surface area (Å²) in [7, 11) is 0. The van der Waals surface area contributed by atoms with Crippen LogP contribution in [0.1, 0.15) is 17.7 Å². The highest BCUT2D eigenvalue weighted by Gasteiger charge is 2.20. The summed E-state index contributed by atoms with van der Waals surface area (Å²) in [6.45, 7) is 5.93. The Morgan fingerprint density at radius 2 is 1.77 bits per heavy atom. The van der Waals surface area contributed by atoms with Gasteiger partial charge >= 0.3 is 11.7 Å². The Labute approximate surface area is 175 Å². The molecule has 0 atom stereocenters. The topological polar surface area (TPSA) is 73.4 Å². The number of carbonyl (C=O) groups excluding carboxylic acids is 1. The average Bonchev–Trinajstić information content (AvgIpc) is 2.94. The van der Waals surface area contributed by atoms with Crippen molar-refractivity contribution in [1.29, 1.82) is 0 Å². The zero-order valence-corrected chi connectivity index (χ0v) is 17.2. The molecule has 4 rings (SSSR count). The second kappa shape index (κ2) is 9.00. The normalized spacial score (nSPS) is 15.0. The van der Waals surface area contributed by atoms with E-state index in [4.69, 9.17) is 0 Å². The third kappa shape index (κ3) is 4.46. The molecule has 2 N–H and O–H groups in total. The zero-order valence-electron chi connectivity index (χ0n) is 17.2. The Hall–Kier alpha value is -3.32. The molecule has 156 valence electrons. The molecule has 0 radical (unpaired) electrons. The van der Waals surface area contributed by atoms with Crippen molar-refractivity contribution < 1.29 is 4.79 Å². The molecule has 1 aliphatic rings. The van der Waals surface area contributed by atoms with Crippen molar-refractivity contribution in [3.8, 4) is 5.69 Å². The third-order valence-corrected chi connectivity index (χ3v) is 5.47. The van der Waals surface area contributed by atoms with Crippen molar-refractivity contribution >= 4 is 11.7 Å². The average molecular weight is 406 g/mol. The predicted octanol–water partition coefficient (Wildman–Crippen LogP) is 3.21. The van der Waals surface area contributed by atoms with Crippen LogP contribution in [0.3, 0.4) is 0 Å². The number of amides is 2. The minimum absolute atomic E-state index is 0.134. The number of hydrogen-bond donors (Lipinski definition) is 2. The zero-order chi connectivity index (χ0) is 20.9. The van der Waals surface area contributed by atoms with Crippen LogP contribution >= 0.6 is 0 Å². The molecule has 2 aromatic carbocycles. The first-order valence-electron chi connectivity index (χ1n) is 10.3. The number of imidazole rings is 1. The molecule has 0 aliphatic carbocycles. The lowest BCUT2D eigenvalue weighted by molar-refractivity contribution is 0.211. The van der Waals surface area contributed by atoms with E-state index in [2.05, 4.69) is 39.5 Å². The van der Waals surface area contributed by atoms with Crippen LogP contribution in [0.5, 0.6) is 0 Å². The molecule has 30 heavy (non-hydrogen) atoms. The van der Waals surface area contributed by atoms with E-state index in [-0.39, 0.29) is 11.7 Å². The Bertz CT molecular complexity index is 1060. The molecule has 1 aromatic heterocycles. The van der Waals surface area contributed by atoms with Gasteiger partial charge in [0.2, 0.25) is 0 Å². The smallest absolute Gasteiger partial charge is 0.323 e. The predicted molar refractivity (Wildman–Crippen MR) is 118 cm³/mol. The van der Waals surface area contributed by atoms with Gasteiger partial charge in [0, 0.05) is 44.6 Å². The number of urea groups is 1. The number of para-hydroxylation sites is 2. The summed E-state index contributed by atoms with van der Waals surface area (Å²) in [5, 5.41) is 3.01. The van der Waals surface area contributed by atoms with Crippen molar-refractivity contribution in [2.24, 2.45) is 0 Å². The molecule has 7 nitrogen and oxygen atoms in total. The molecule has 2 heterocycles. The molecule has 1 aliphatic heterocycles. The number of H-pyrrole nitrogens is 1. The summed E-state index contributed by atoms with van der Waals surface area (Å²) in [5.74, 6) is 0. The molecule has 1 saturated heterocycles. The number of nitrogens with one attached hydrogen (secondary N) is 2. The number of carbonyl (C=O) groups is 1. The maximum Gasteiger partial charge on any atom is 0.330 e. The second-order valence-corrected chi connectivity index (χ2v) is 7.62. The van der Waals surface area contributed by atoms with E-state index in [1.54, 1.807) is 10.8 Å². The van der Waals surface area contributed by atoms with E-state index in [0.29, 0.717) is 24.5 Å². The van der Waals surface area contributed by atoms with Gasteiger partial charge in [-0.2, -0.15) is 0 Å². The van der Waals surface area contributed by atoms with Crippen LogP contribution in [0.2, 0.25) is 0 Å². The van der Waals surface area contributed by atoms with Crippen LogP contribution in [-0.2, 0) is 6.54 Å². The van der Waals surface area contributed by atoms with Crippen molar-refractivity contribution in [1.82, 2.24) is 19.4 Å². The summed E-state index contributed by atoms with van der Waals surface area (Å²) in [4.78, 5) is 32.1. The quantitative estimate of drug-likeness (QED) is 0.700. The van der Waals surface area contributed by atoms with Gasteiger partial charge in [0.15, 0.2) is 0 Å². The van der Waals surface area contributed by atoms with E-state index < -0.39 is 0 Å². The maximum atomic E-state index is 13.0. The molecule has 0 bridgehead atoms. The molecule has 1 fully saturated rings. The molecule has 3 aromatic rings. The SMILES string of the molecule is Cc1c[nH]c(=O)n1-c1ccccc1NC(=O)N1CCCN(Cc2ccccc2)CC1. The number of hydrogen-bond acceptors (Lipinski definition) is 3. The number of benzene rings is 2. The fourth-order valence-electron chi connectivity index (χ4n) is 3.90. The van der Waals surface area contributed by atoms with Crippen LogP contribution in [0.15, 0.2) is 65.6 Å². The number of aromatic nitrogens is 2. The Balaban J connectivity index is 1.43. The molecule has 0 unspecified atom stereocenters. The van der Waals surface area contributed by atoms with Crippen LogP contribution in [-0.4, -0.2) is 51.6 Å². The van der Waals surface area contributed by atoms with Gasteiger partial charge in [-0.15, -0.1) is 0 Å². The van der Waals surface area contributed by atoms with E-state index in [1.807, 2.05) is 42.2 Å². The third-order valence-electron chi connectivity index (χ3n) is 5.47. The molecule has 2 amide bonds. The van der Waals surface area contributed by atoms with Crippen LogP contribution < -0.4 is 11.0 Å². The molecule has 7 heteroatoms. The largest absolute Gasteiger partial charge is 0.330 e. The highest BCUT2D eigenvalue weighted by molar-refractivity contribution is 5.91.